The maximum Gasteiger partial charge on any atom is 0.191 e. The maximum atomic E-state index is 12.2. The maximum absolute atomic E-state index is 12.2. The Morgan fingerprint density at radius 2 is 2.29 bits per heavy atom. The molecule has 0 amide bonds. The van der Waals surface area contributed by atoms with Crippen molar-refractivity contribution in [1.29, 1.82) is 0 Å². The normalized spacial score (nSPS) is 26.5. The summed E-state index contributed by atoms with van der Waals surface area (Å²) in [4.78, 5) is 14.5. The number of nitrogens with zero attached hydrogens (tertiary/aromatic N) is 1. The molecule has 2 aliphatic rings. The summed E-state index contributed by atoms with van der Waals surface area (Å²) in [5.74, 6) is 0.107. The molecule has 2 heterocycles. The van der Waals surface area contributed by atoms with Crippen LogP contribution in [0, 0.1) is 0 Å². The van der Waals surface area contributed by atoms with Gasteiger partial charge in [-0.25, -0.2) is 0 Å². The number of hydrogen-bond acceptors (Lipinski definition) is 4. The zero-order valence-electron chi connectivity index (χ0n) is 10.6. The molecule has 4 heteroatoms. The van der Waals surface area contributed by atoms with Crippen LogP contribution in [0.1, 0.15) is 26.7 Å². The first kappa shape index (κ1) is 12.6. The third kappa shape index (κ3) is 3.07. The minimum atomic E-state index is -0.306. The van der Waals surface area contributed by atoms with Crippen LogP contribution in [0.15, 0.2) is 11.8 Å². The lowest BCUT2D eigenvalue weighted by atomic mass is 10.0. The first-order valence-corrected chi connectivity index (χ1v) is 6.39. The molecule has 17 heavy (non-hydrogen) atoms. The second-order valence-corrected chi connectivity index (χ2v) is 4.93. The monoisotopic (exact) mass is 239 g/mol. The molecule has 1 unspecified atom stereocenters. The van der Waals surface area contributed by atoms with E-state index in [0.717, 1.165) is 31.6 Å². The van der Waals surface area contributed by atoms with E-state index in [-0.39, 0.29) is 11.9 Å². The molecule has 1 saturated heterocycles. The molecule has 4 nitrogen and oxygen atoms in total. The summed E-state index contributed by atoms with van der Waals surface area (Å²) < 4.78 is 10.8. The molecule has 2 aliphatic heterocycles. The Bertz CT molecular complexity index is 312. The highest BCUT2D eigenvalue weighted by Gasteiger charge is 2.30. The highest BCUT2D eigenvalue weighted by Crippen LogP contribution is 2.18. The fourth-order valence-electron chi connectivity index (χ4n) is 2.25. The molecular formula is C13H21NO3. The molecule has 1 fully saturated rings. The topological polar surface area (TPSA) is 38.8 Å². The van der Waals surface area contributed by atoms with Gasteiger partial charge in [0.05, 0.1) is 19.5 Å². The Hall–Kier alpha value is -0.870. The Morgan fingerprint density at radius 3 is 2.94 bits per heavy atom. The highest BCUT2D eigenvalue weighted by atomic mass is 16.5. The van der Waals surface area contributed by atoms with E-state index in [4.69, 9.17) is 9.47 Å². The summed E-state index contributed by atoms with van der Waals surface area (Å²) in [5.41, 5.74) is 0.784. The zero-order valence-corrected chi connectivity index (χ0v) is 10.6. The minimum absolute atomic E-state index is 0.107. The molecule has 0 bridgehead atoms. The largest absolute Gasteiger partial charge is 0.501 e. The van der Waals surface area contributed by atoms with Crippen LogP contribution >= 0.6 is 0 Å². The lowest BCUT2D eigenvalue weighted by Gasteiger charge is -2.35. The number of hydrogen-bond donors (Lipinski definition) is 0. The molecule has 0 N–H and O–H groups in total. The van der Waals surface area contributed by atoms with Gasteiger partial charge in [0.15, 0.2) is 5.78 Å². The average Bonchev–Trinajstić information content (AvgIpc) is 2.39. The van der Waals surface area contributed by atoms with Crippen LogP contribution in [-0.4, -0.2) is 49.1 Å². The van der Waals surface area contributed by atoms with Gasteiger partial charge in [0.1, 0.15) is 6.10 Å². The van der Waals surface area contributed by atoms with Crippen LogP contribution in [0.5, 0.6) is 0 Å². The summed E-state index contributed by atoms with van der Waals surface area (Å²) >= 11 is 0. The van der Waals surface area contributed by atoms with Crippen molar-refractivity contribution in [3.05, 3.63) is 11.8 Å². The second kappa shape index (κ2) is 5.65. The van der Waals surface area contributed by atoms with Gasteiger partial charge in [-0.15, -0.1) is 0 Å². The number of ketones is 1. The molecule has 2 rings (SSSR count). The zero-order chi connectivity index (χ0) is 12.3. The quantitative estimate of drug-likeness (QED) is 0.745. The van der Waals surface area contributed by atoms with Crippen molar-refractivity contribution < 1.29 is 14.3 Å². The average molecular weight is 239 g/mol. The van der Waals surface area contributed by atoms with Crippen LogP contribution in [0.3, 0.4) is 0 Å². The van der Waals surface area contributed by atoms with Crippen molar-refractivity contribution in [3.8, 4) is 0 Å². The molecule has 0 aromatic carbocycles. The van der Waals surface area contributed by atoms with Gasteiger partial charge in [0, 0.05) is 24.7 Å². The first-order valence-electron chi connectivity index (χ1n) is 6.39. The number of carbonyl (C=O) groups excluding carboxylic acids is 1. The Labute approximate surface area is 103 Å². The lowest BCUT2D eigenvalue weighted by molar-refractivity contribution is -0.133. The van der Waals surface area contributed by atoms with E-state index in [1.54, 1.807) is 6.26 Å². The van der Waals surface area contributed by atoms with Gasteiger partial charge in [-0.2, -0.15) is 0 Å². The summed E-state index contributed by atoms with van der Waals surface area (Å²) in [7, 11) is 0. The molecule has 96 valence electrons. The van der Waals surface area contributed by atoms with Crippen LogP contribution in [-0.2, 0) is 14.3 Å². The number of carbonyl (C=O) groups is 1. The van der Waals surface area contributed by atoms with Gasteiger partial charge in [0.2, 0.25) is 0 Å². The predicted molar refractivity (Wildman–Crippen MR) is 64.7 cm³/mol. The standard InChI is InChI=1S/C13H21NO3/c1-10(2)14-5-7-17-12(8-14)13(15)11-4-3-6-16-9-11/h9-10,12H,3-8H2,1-2H3. The summed E-state index contributed by atoms with van der Waals surface area (Å²) in [6.45, 7) is 7.28. The molecule has 0 aromatic heterocycles. The number of morpholine rings is 1. The number of rotatable bonds is 3. The molecule has 0 aliphatic carbocycles. The van der Waals surface area contributed by atoms with Crippen molar-refractivity contribution in [2.75, 3.05) is 26.3 Å². The van der Waals surface area contributed by atoms with Crippen molar-refractivity contribution >= 4 is 5.78 Å². The second-order valence-electron chi connectivity index (χ2n) is 4.93. The fraction of sp³-hybridized carbons (Fsp3) is 0.769. The van der Waals surface area contributed by atoms with Crippen molar-refractivity contribution in [1.82, 2.24) is 4.90 Å². The van der Waals surface area contributed by atoms with Gasteiger partial charge in [-0.05, 0) is 26.7 Å². The molecule has 1 atom stereocenters. The molecule has 0 saturated carbocycles. The minimum Gasteiger partial charge on any atom is -0.501 e. The van der Waals surface area contributed by atoms with Crippen LogP contribution in [0.2, 0.25) is 0 Å². The summed E-state index contributed by atoms with van der Waals surface area (Å²) in [6.07, 6.45) is 3.06. The third-order valence-corrected chi connectivity index (χ3v) is 3.37. The summed E-state index contributed by atoms with van der Waals surface area (Å²) in [5, 5.41) is 0. The SMILES string of the molecule is CC(C)N1CCOC(C(=O)C2=COCCC2)C1. The van der Waals surface area contributed by atoms with Gasteiger partial charge >= 0.3 is 0 Å². The Balaban J connectivity index is 1.97. The van der Waals surface area contributed by atoms with Crippen LogP contribution in [0.25, 0.3) is 0 Å². The Kier molecular flexibility index (Phi) is 4.18. The van der Waals surface area contributed by atoms with E-state index in [1.807, 2.05) is 0 Å². The van der Waals surface area contributed by atoms with Crippen molar-refractivity contribution in [2.24, 2.45) is 0 Å². The molecular weight excluding hydrogens is 218 g/mol. The van der Waals surface area contributed by atoms with Crippen LogP contribution in [0.4, 0.5) is 0 Å². The number of ether oxygens (including phenoxy) is 2. The molecule has 0 aromatic rings. The predicted octanol–water partition coefficient (Wildman–Crippen LogP) is 1.36. The molecule has 0 spiro atoms. The van der Waals surface area contributed by atoms with E-state index >= 15 is 0 Å². The Morgan fingerprint density at radius 1 is 1.47 bits per heavy atom. The van der Waals surface area contributed by atoms with Gasteiger partial charge in [-0.1, -0.05) is 0 Å². The third-order valence-electron chi connectivity index (χ3n) is 3.37. The van der Waals surface area contributed by atoms with E-state index in [0.29, 0.717) is 19.2 Å². The van der Waals surface area contributed by atoms with E-state index in [2.05, 4.69) is 18.7 Å². The van der Waals surface area contributed by atoms with Crippen molar-refractivity contribution in [2.45, 2.75) is 38.8 Å². The van der Waals surface area contributed by atoms with Crippen molar-refractivity contribution in [3.63, 3.8) is 0 Å². The smallest absolute Gasteiger partial charge is 0.191 e. The van der Waals surface area contributed by atoms with Gasteiger partial charge in [0.25, 0.3) is 0 Å². The fourth-order valence-corrected chi connectivity index (χ4v) is 2.25. The van der Waals surface area contributed by atoms with Gasteiger partial charge in [-0.3, -0.25) is 9.69 Å². The highest BCUT2D eigenvalue weighted by molar-refractivity contribution is 5.98. The summed E-state index contributed by atoms with van der Waals surface area (Å²) in [6, 6.07) is 0.464. The van der Waals surface area contributed by atoms with Crippen LogP contribution < -0.4 is 0 Å². The van der Waals surface area contributed by atoms with E-state index in [9.17, 15) is 4.79 Å². The van der Waals surface area contributed by atoms with E-state index < -0.39 is 0 Å². The van der Waals surface area contributed by atoms with E-state index in [1.165, 1.54) is 0 Å². The number of Topliss-reactive ketones (excluding diaryl/α,β-unsaturated/α-hetero) is 1. The van der Waals surface area contributed by atoms with Gasteiger partial charge < -0.3 is 9.47 Å². The first-order chi connectivity index (χ1) is 8.18. The molecule has 0 radical (unpaired) electrons. The lowest BCUT2D eigenvalue weighted by Crippen LogP contribution is -2.49.